The van der Waals surface area contributed by atoms with Gasteiger partial charge >= 0.3 is 0 Å². The molecule has 0 saturated heterocycles. The highest BCUT2D eigenvalue weighted by atomic mass is 28.3. The predicted molar refractivity (Wildman–Crippen MR) is 66.3 cm³/mol. The Morgan fingerprint density at radius 2 is 1.64 bits per heavy atom. The van der Waals surface area contributed by atoms with E-state index in [9.17, 15) is 0 Å². The van der Waals surface area contributed by atoms with Crippen LogP contribution in [0.15, 0.2) is 24.3 Å². The van der Waals surface area contributed by atoms with Crippen molar-refractivity contribution in [1.82, 2.24) is 0 Å². The minimum atomic E-state index is -0.999. The lowest BCUT2D eigenvalue weighted by Crippen LogP contribution is -2.24. The maximum Gasteiger partial charge on any atom is 0.0487 e. The van der Waals surface area contributed by atoms with E-state index in [1.165, 1.54) is 17.2 Å². The Bertz CT molecular complexity index is 289. The highest BCUT2D eigenvalue weighted by molar-refractivity contribution is 6.75. The molecule has 0 unspecified atom stereocenters. The van der Waals surface area contributed by atoms with Crippen molar-refractivity contribution >= 4 is 8.07 Å². The van der Waals surface area contributed by atoms with Gasteiger partial charge in [-0.1, -0.05) is 43.9 Å². The minimum absolute atomic E-state index is 0.753. The van der Waals surface area contributed by atoms with Crippen LogP contribution in [-0.2, 0) is 12.5 Å². The summed E-state index contributed by atoms with van der Waals surface area (Å²) in [6.07, 6.45) is 1.01. The second-order valence-electron chi connectivity index (χ2n) is 5.04. The van der Waals surface area contributed by atoms with E-state index < -0.39 is 8.07 Å². The van der Waals surface area contributed by atoms with Gasteiger partial charge in [0, 0.05) is 8.07 Å². The zero-order valence-electron chi connectivity index (χ0n) is 9.51. The van der Waals surface area contributed by atoms with Crippen LogP contribution in [0.5, 0.6) is 0 Å². The lowest BCUT2D eigenvalue weighted by molar-refractivity contribution is 0.952. The van der Waals surface area contributed by atoms with E-state index in [0.717, 1.165) is 13.0 Å². The van der Waals surface area contributed by atoms with Crippen LogP contribution in [-0.4, -0.2) is 14.6 Å². The number of hydrogen-bond donors (Lipinski definition) is 1. The molecule has 0 saturated carbocycles. The Morgan fingerprint density at radius 1 is 1.07 bits per heavy atom. The Morgan fingerprint density at radius 3 is 2.14 bits per heavy atom. The first-order valence-electron chi connectivity index (χ1n) is 5.30. The second-order valence-corrected chi connectivity index (χ2v) is 10.5. The summed E-state index contributed by atoms with van der Waals surface area (Å²) < 4.78 is 0. The number of rotatable bonds is 4. The largest absolute Gasteiger partial charge is 0.330 e. The Balaban J connectivity index is 2.84. The van der Waals surface area contributed by atoms with Gasteiger partial charge in [-0.15, -0.1) is 0 Å². The summed E-state index contributed by atoms with van der Waals surface area (Å²) in [6.45, 7) is 7.98. The lowest BCUT2D eigenvalue weighted by atomic mass is 10.1. The summed E-state index contributed by atoms with van der Waals surface area (Å²) >= 11 is 0. The first kappa shape index (κ1) is 11.5. The number of benzene rings is 1. The molecule has 0 aliphatic heterocycles. The van der Waals surface area contributed by atoms with Gasteiger partial charge in [-0.25, -0.2) is 0 Å². The van der Waals surface area contributed by atoms with E-state index >= 15 is 0 Å². The van der Waals surface area contributed by atoms with Gasteiger partial charge in [-0.05, 0) is 30.1 Å². The van der Waals surface area contributed by atoms with Gasteiger partial charge in [0.05, 0.1) is 0 Å². The molecule has 14 heavy (non-hydrogen) atoms. The lowest BCUT2D eigenvalue weighted by Gasteiger charge is -2.18. The van der Waals surface area contributed by atoms with Crippen LogP contribution in [0.2, 0.25) is 19.6 Å². The van der Waals surface area contributed by atoms with E-state index in [1.54, 1.807) is 0 Å². The molecule has 1 nitrogen and oxygen atoms in total. The van der Waals surface area contributed by atoms with Crippen LogP contribution in [0.1, 0.15) is 11.1 Å². The Labute approximate surface area is 88.3 Å². The third-order valence-electron chi connectivity index (χ3n) is 2.25. The zero-order chi connectivity index (χ0) is 10.6. The van der Waals surface area contributed by atoms with Gasteiger partial charge < -0.3 is 5.73 Å². The maximum absolute atomic E-state index is 5.60. The molecule has 0 aromatic heterocycles. The van der Waals surface area contributed by atoms with Crippen LogP contribution < -0.4 is 5.73 Å². The van der Waals surface area contributed by atoms with Crippen molar-refractivity contribution < 1.29 is 0 Å². The summed E-state index contributed by atoms with van der Waals surface area (Å²) in [5.41, 5.74) is 8.56. The van der Waals surface area contributed by atoms with Crippen molar-refractivity contribution in [3.63, 3.8) is 0 Å². The summed E-state index contributed by atoms with van der Waals surface area (Å²) in [5.74, 6) is 0. The van der Waals surface area contributed by atoms with Crippen LogP contribution >= 0.6 is 0 Å². The van der Waals surface area contributed by atoms with Crippen molar-refractivity contribution in [1.29, 1.82) is 0 Å². The average molecular weight is 207 g/mol. The maximum atomic E-state index is 5.60. The first-order valence-corrected chi connectivity index (χ1v) is 9.00. The molecule has 0 amide bonds. The zero-order valence-corrected chi connectivity index (χ0v) is 10.5. The first-order chi connectivity index (χ1) is 6.53. The highest BCUT2D eigenvalue weighted by Gasteiger charge is 2.15. The average Bonchev–Trinajstić information content (AvgIpc) is 2.06. The molecule has 2 heteroatoms. The Hall–Kier alpha value is -0.603. The molecular weight excluding hydrogens is 186 g/mol. The summed E-state index contributed by atoms with van der Waals surface area (Å²) in [6, 6.07) is 9.98. The fourth-order valence-electron chi connectivity index (χ4n) is 1.70. The van der Waals surface area contributed by atoms with Gasteiger partial charge in [0.25, 0.3) is 0 Å². The predicted octanol–water partition coefficient (Wildman–Crippen LogP) is 2.61. The molecule has 0 aliphatic carbocycles. The number of hydrogen-bond acceptors (Lipinski definition) is 1. The number of nitrogens with two attached hydrogens (primary N) is 1. The van der Waals surface area contributed by atoms with E-state index in [1.807, 2.05) is 0 Å². The van der Waals surface area contributed by atoms with E-state index in [-0.39, 0.29) is 0 Å². The van der Waals surface area contributed by atoms with Crippen molar-refractivity contribution in [2.24, 2.45) is 5.73 Å². The standard InChI is InChI=1S/C12H21NSi/c1-14(2,3)10-12-7-5-4-6-11(12)8-9-13/h4-7H,8-10,13H2,1-3H3. The molecule has 1 aromatic rings. The molecule has 0 bridgehead atoms. The van der Waals surface area contributed by atoms with Gasteiger partial charge in [0.15, 0.2) is 0 Å². The van der Waals surface area contributed by atoms with E-state index in [0.29, 0.717) is 0 Å². The molecule has 0 heterocycles. The van der Waals surface area contributed by atoms with E-state index in [4.69, 9.17) is 5.73 Å². The molecule has 1 aromatic carbocycles. The molecule has 0 radical (unpaired) electrons. The molecule has 78 valence electrons. The van der Waals surface area contributed by atoms with Gasteiger partial charge in [0.2, 0.25) is 0 Å². The molecule has 1 rings (SSSR count). The van der Waals surface area contributed by atoms with E-state index in [2.05, 4.69) is 43.9 Å². The van der Waals surface area contributed by atoms with Crippen molar-refractivity contribution in [3.8, 4) is 0 Å². The monoisotopic (exact) mass is 207 g/mol. The topological polar surface area (TPSA) is 26.0 Å². The fourth-order valence-corrected chi connectivity index (χ4v) is 3.19. The molecule has 2 N–H and O–H groups in total. The summed E-state index contributed by atoms with van der Waals surface area (Å²) in [7, 11) is -0.999. The third kappa shape index (κ3) is 3.64. The smallest absolute Gasteiger partial charge is 0.0487 e. The van der Waals surface area contributed by atoms with Gasteiger partial charge in [-0.2, -0.15) is 0 Å². The van der Waals surface area contributed by atoms with Crippen LogP contribution in [0, 0.1) is 0 Å². The minimum Gasteiger partial charge on any atom is -0.330 e. The Kier molecular flexibility index (Phi) is 3.90. The van der Waals surface area contributed by atoms with Crippen LogP contribution in [0.25, 0.3) is 0 Å². The van der Waals surface area contributed by atoms with Crippen LogP contribution in [0.4, 0.5) is 0 Å². The van der Waals surface area contributed by atoms with Crippen molar-refractivity contribution in [2.75, 3.05) is 6.54 Å². The second kappa shape index (κ2) is 4.76. The van der Waals surface area contributed by atoms with Gasteiger partial charge in [-0.3, -0.25) is 0 Å². The SMILES string of the molecule is C[Si](C)(C)Cc1ccccc1CCN. The van der Waals surface area contributed by atoms with Crippen LogP contribution in [0.3, 0.4) is 0 Å². The summed E-state index contributed by atoms with van der Waals surface area (Å²) in [5, 5.41) is 0. The molecule has 0 atom stereocenters. The molecule has 0 fully saturated rings. The fraction of sp³-hybridized carbons (Fsp3) is 0.500. The quantitative estimate of drug-likeness (QED) is 0.755. The molecule has 0 spiro atoms. The van der Waals surface area contributed by atoms with Crippen molar-refractivity contribution in [2.45, 2.75) is 32.1 Å². The molecule has 0 aliphatic rings. The van der Waals surface area contributed by atoms with Gasteiger partial charge in [0.1, 0.15) is 0 Å². The highest BCUT2D eigenvalue weighted by Crippen LogP contribution is 2.16. The normalized spacial score (nSPS) is 11.7. The summed E-state index contributed by atoms with van der Waals surface area (Å²) in [4.78, 5) is 0. The molecular formula is C12H21NSi. The van der Waals surface area contributed by atoms with Crippen molar-refractivity contribution in [3.05, 3.63) is 35.4 Å². The third-order valence-corrected chi connectivity index (χ3v) is 3.69.